The van der Waals surface area contributed by atoms with Gasteiger partial charge in [0.2, 0.25) is 11.8 Å². The van der Waals surface area contributed by atoms with Crippen molar-refractivity contribution in [2.45, 2.75) is 31.9 Å². The first-order valence-electron chi connectivity index (χ1n) is 8.33. The highest BCUT2D eigenvalue weighted by Gasteiger charge is 2.29. The molecule has 0 unspecified atom stereocenters. The number of anilines is 1. The van der Waals surface area contributed by atoms with Crippen molar-refractivity contribution in [1.82, 2.24) is 10.2 Å². The highest BCUT2D eigenvalue weighted by Crippen LogP contribution is 2.24. The summed E-state index contributed by atoms with van der Waals surface area (Å²) in [6, 6.07) is 5.76. The molecule has 1 amide bonds. The predicted octanol–water partition coefficient (Wildman–Crippen LogP) is 2.39. The molecule has 0 spiro atoms. The Labute approximate surface area is 156 Å². The van der Waals surface area contributed by atoms with Crippen LogP contribution in [0.25, 0.3) is 0 Å². The molecule has 0 aliphatic carbocycles. The second-order valence-electron chi connectivity index (χ2n) is 6.57. The zero-order chi connectivity index (χ0) is 18.7. The zero-order valence-electron chi connectivity index (χ0n) is 14.7. The van der Waals surface area contributed by atoms with Crippen molar-refractivity contribution in [1.29, 1.82) is 0 Å². The van der Waals surface area contributed by atoms with Gasteiger partial charge in [-0.2, -0.15) is 0 Å². The van der Waals surface area contributed by atoms with E-state index in [-0.39, 0.29) is 29.1 Å². The fraction of sp³-hybridized carbons (Fsp3) is 0.471. The Morgan fingerprint density at radius 2 is 2.12 bits per heavy atom. The maximum absolute atomic E-state index is 12.1. The standard InChI is InChI=1S/C17H21N3O4S2/c1-11-3-4-14(7-12(11)2)18-15(21)9-25-17-20-19-16(24-17)8-13-5-6-26(22,23)10-13/h3-4,7,13H,5-6,8-10H2,1-2H3,(H,18,21)/t13-/m0/s1. The number of carbonyl (C=O) groups excluding carboxylic acids is 1. The monoisotopic (exact) mass is 395 g/mol. The number of nitrogens with zero attached hydrogens (tertiary/aromatic N) is 2. The van der Waals surface area contributed by atoms with Crippen LogP contribution in [0.1, 0.15) is 23.4 Å². The maximum Gasteiger partial charge on any atom is 0.277 e. The maximum atomic E-state index is 12.1. The fourth-order valence-electron chi connectivity index (χ4n) is 2.80. The molecule has 0 saturated carbocycles. The van der Waals surface area contributed by atoms with Crippen LogP contribution in [0.2, 0.25) is 0 Å². The molecule has 1 N–H and O–H groups in total. The van der Waals surface area contributed by atoms with Crippen molar-refractivity contribution < 1.29 is 17.6 Å². The predicted molar refractivity (Wildman–Crippen MR) is 100 cm³/mol. The molecule has 2 aromatic rings. The number of rotatable bonds is 6. The molecule has 1 aromatic heterocycles. The molecule has 1 fully saturated rings. The van der Waals surface area contributed by atoms with Gasteiger partial charge in [0, 0.05) is 12.1 Å². The number of benzene rings is 1. The number of hydrogen-bond donors (Lipinski definition) is 1. The van der Waals surface area contributed by atoms with Crippen LogP contribution in [0.5, 0.6) is 0 Å². The van der Waals surface area contributed by atoms with Gasteiger partial charge < -0.3 is 9.73 Å². The first-order chi connectivity index (χ1) is 12.3. The van der Waals surface area contributed by atoms with Gasteiger partial charge in [0.25, 0.3) is 5.22 Å². The normalized spacial score (nSPS) is 18.8. The van der Waals surface area contributed by atoms with E-state index >= 15 is 0 Å². The average molecular weight is 396 g/mol. The van der Waals surface area contributed by atoms with Gasteiger partial charge in [-0.1, -0.05) is 17.8 Å². The van der Waals surface area contributed by atoms with Crippen molar-refractivity contribution in [3.63, 3.8) is 0 Å². The fourth-order valence-corrected chi connectivity index (χ4v) is 5.24. The van der Waals surface area contributed by atoms with Gasteiger partial charge in [-0.3, -0.25) is 4.79 Å². The lowest BCUT2D eigenvalue weighted by atomic mass is 10.1. The number of hydrogen-bond acceptors (Lipinski definition) is 7. The molecule has 0 radical (unpaired) electrons. The Morgan fingerprint density at radius 1 is 1.31 bits per heavy atom. The Kier molecular flexibility index (Phi) is 5.67. The number of aryl methyl sites for hydroxylation is 2. The van der Waals surface area contributed by atoms with E-state index < -0.39 is 9.84 Å². The quantitative estimate of drug-likeness (QED) is 0.749. The van der Waals surface area contributed by atoms with Gasteiger partial charge in [0.1, 0.15) is 0 Å². The van der Waals surface area contributed by atoms with E-state index in [1.165, 1.54) is 5.56 Å². The summed E-state index contributed by atoms with van der Waals surface area (Å²) in [5.41, 5.74) is 3.05. The van der Waals surface area contributed by atoms with Crippen molar-refractivity contribution in [2.24, 2.45) is 5.92 Å². The topological polar surface area (TPSA) is 102 Å². The summed E-state index contributed by atoms with van der Waals surface area (Å²) >= 11 is 1.16. The summed E-state index contributed by atoms with van der Waals surface area (Å²) in [6.45, 7) is 4.01. The van der Waals surface area contributed by atoms with Crippen molar-refractivity contribution >= 4 is 33.2 Å². The Balaban J connectivity index is 1.48. The number of carbonyl (C=O) groups is 1. The summed E-state index contributed by atoms with van der Waals surface area (Å²) < 4.78 is 28.5. The van der Waals surface area contributed by atoms with E-state index in [0.29, 0.717) is 24.0 Å². The van der Waals surface area contributed by atoms with Crippen LogP contribution in [0.4, 0.5) is 5.69 Å². The molecule has 0 bridgehead atoms. The van der Waals surface area contributed by atoms with Crippen molar-refractivity contribution in [3.8, 4) is 0 Å². The van der Waals surface area contributed by atoms with Gasteiger partial charge in [-0.25, -0.2) is 8.42 Å². The second kappa shape index (κ2) is 7.79. The third-order valence-corrected chi connectivity index (χ3v) is 7.01. The lowest BCUT2D eigenvalue weighted by Crippen LogP contribution is -2.14. The Morgan fingerprint density at radius 3 is 2.81 bits per heavy atom. The van der Waals surface area contributed by atoms with E-state index in [4.69, 9.17) is 4.42 Å². The number of nitrogens with one attached hydrogen (secondary N) is 1. The molecule has 2 heterocycles. The highest BCUT2D eigenvalue weighted by atomic mass is 32.2. The molecule has 1 aromatic carbocycles. The van der Waals surface area contributed by atoms with Crippen molar-refractivity contribution in [3.05, 3.63) is 35.2 Å². The van der Waals surface area contributed by atoms with Crippen LogP contribution >= 0.6 is 11.8 Å². The van der Waals surface area contributed by atoms with E-state index in [2.05, 4.69) is 15.5 Å². The minimum absolute atomic E-state index is 0.0337. The third kappa shape index (κ3) is 5.07. The molecule has 3 rings (SSSR count). The molecule has 1 aliphatic rings. The van der Waals surface area contributed by atoms with E-state index in [1.54, 1.807) is 0 Å². The van der Waals surface area contributed by atoms with Crippen LogP contribution in [-0.4, -0.2) is 41.8 Å². The summed E-state index contributed by atoms with van der Waals surface area (Å²) in [6.07, 6.45) is 1.09. The second-order valence-corrected chi connectivity index (χ2v) is 9.73. The van der Waals surface area contributed by atoms with Crippen molar-refractivity contribution in [2.75, 3.05) is 22.6 Å². The summed E-state index contributed by atoms with van der Waals surface area (Å²) in [4.78, 5) is 12.1. The summed E-state index contributed by atoms with van der Waals surface area (Å²) in [7, 11) is -2.91. The minimum Gasteiger partial charge on any atom is -0.416 e. The average Bonchev–Trinajstić information content (AvgIpc) is 3.15. The summed E-state index contributed by atoms with van der Waals surface area (Å²) in [5.74, 6) is 0.865. The largest absolute Gasteiger partial charge is 0.416 e. The minimum atomic E-state index is -2.91. The van der Waals surface area contributed by atoms with Gasteiger partial charge in [0.15, 0.2) is 9.84 Å². The Bertz CT molecular complexity index is 908. The number of aromatic nitrogens is 2. The van der Waals surface area contributed by atoms with Crippen LogP contribution < -0.4 is 5.32 Å². The smallest absolute Gasteiger partial charge is 0.277 e. The van der Waals surface area contributed by atoms with E-state index in [9.17, 15) is 13.2 Å². The van der Waals surface area contributed by atoms with Crippen LogP contribution in [-0.2, 0) is 21.1 Å². The molecular formula is C17H21N3O4S2. The highest BCUT2D eigenvalue weighted by molar-refractivity contribution is 7.99. The molecule has 1 aliphatic heterocycles. The molecule has 7 nitrogen and oxygen atoms in total. The van der Waals surface area contributed by atoms with Crippen LogP contribution in [0.15, 0.2) is 27.8 Å². The number of amides is 1. The lowest BCUT2D eigenvalue weighted by molar-refractivity contribution is -0.113. The van der Waals surface area contributed by atoms with E-state index in [0.717, 1.165) is 23.0 Å². The number of thioether (sulfide) groups is 1. The molecule has 9 heteroatoms. The summed E-state index contributed by atoms with van der Waals surface area (Å²) in [5, 5.41) is 11.0. The first kappa shape index (κ1) is 18.9. The third-order valence-electron chi connectivity index (χ3n) is 4.36. The Hall–Kier alpha value is -1.87. The lowest BCUT2D eigenvalue weighted by Gasteiger charge is -2.06. The molecule has 1 saturated heterocycles. The molecular weight excluding hydrogens is 374 g/mol. The first-order valence-corrected chi connectivity index (χ1v) is 11.1. The van der Waals surface area contributed by atoms with Gasteiger partial charge >= 0.3 is 0 Å². The zero-order valence-corrected chi connectivity index (χ0v) is 16.3. The van der Waals surface area contributed by atoms with Gasteiger partial charge in [0.05, 0.1) is 17.3 Å². The number of sulfone groups is 1. The molecule has 140 valence electrons. The van der Waals surface area contributed by atoms with Gasteiger partial charge in [-0.05, 0) is 49.4 Å². The SMILES string of the molecule is Cc1ccc(NC(=O)CSc2nnc(C[C@@H]3CCS(=O)(=O)C3)o2)cc1C. The van der Waals surface area contributed by atoms with Gasteiger partial charge in [-0.15, -0.1) is 10.2 Å². The van der Waals surface area contributed by atoms with E-state index in [1.807, 2.05) is 32.0 Å². The molecule has 1 atom stereocenters. The molecule has 26 heavy (non-hydrogen) atoms. The van der Waals surface area contributed by atoms with Crippen LogP contribution in [0.3, 0.4) is 0 Å². The van der Waals surface area contributed by atoms with Crippen LogP contribution in [0, 0.1) is 19.8 Å².